The third-order valence-electron chi connectivity index (χ3n) is 4.13. The molecular weight excluding hydrogens is 268 g/mol. The summed E-state index contributed by atoms with van der Waals surface area (Å²) in [6, 6.07) is 8.32. The maximum atomic E-state index is 10.7. The molecule has 0 aliphatic carbocycles. The number of thioether (sulfide) groups is 1. The Morgan fingerprint density at radius 2 is 2.15 bits per heavy atom. The molecule has 1 saturated heterocycles. The minimum atomic E-state index is -0.780. The zero-order valence-electron chi connectivity index (χ0n) is 12.0. The van der Waals surface area contributed by atoms with Gasteiger partial charge < -0.3 is 9.84 Å². The van der Waals surface area contributed by atoms with Crippen LogP contribution in [0.4, 0.5) is 0 Å². The van der Waals surface area contributed by atoms with Crippen molar-refractivity contribution in [2.24, 2.45) is 0 Å². The monoisotopic (exact) mass is 290 g/mol. The number of aliphatic hydroxyl groups is 1. The Morgan fingerprint density at radius 1 is 1.35 bits per heavy atom. The quantitative estimate of drug-likeness (QED) is 0.903. The first-order chi connectivity index (χ1) is 9.65. The first-order valence-corrected chi connectivity index (χ1v) is 8.40. The number of allylic oxidation sites excluding steroid dienone is 1. The van der Waals surface area contributed by atoms with Gasteiger partial charge in [0.25, 0.3) is 0 Å². The van der Waals surface area contributed by atoms with E-state index in [1.54, 1.807) is 0 Å². The van der Waals surface area contributed by atoms with Crippen LogP contribution in [0.15, 0.2) is 35.2 Å². The molecule has 108 valence electrons. The highest BCUT2D eigenvalue weighted by molar-refractivity contribution is 8.03. The molecule has 0 saturated carbocycles. The van der Waals surface area contributed by atoms with E-state index < -0.39 is 5.60 Å². The highest BCUT2D eigenvalue weighted by Crippen LogP contribution is 2.37. The molecule has 1 N–H and O–H groups in total. The van der Waals surface area contributed by atoms with Crippen molar-refractivity contribution in [3.8, 4) is 0 Å². The lowest BCUT2D eigenvalue weighted by Gasteiger charge is -2.25. The largest absolute Gasteiger partial charge is 0.385 e. The summed E-state index contributed by atoms with van der Waals surface area (Å²) < 4.78 is 5.70. The first-order valence-electron chi connectivity index (χ1n) is 7.41. The van der Waals surface area contributed by atoms with Crippen LogP contribution in [-0.4, -0.2) is 17.5 Å². The van der Waals surface area contributed by atoms with Gasteiger partial charge in [0, 0.05) is 18.8 Å². The lowest BCUT2D eigenvalue weighted by molar-refractivity contribution is 0.0595. The van der Waals surface area contributed by atoms with Gasteiger partial charge in [-0.25, -0.2) is 0 Å². The molecule has 2 aliphatic rings. The average Bonchev–Trinajstić information content (AvgIpc) is 3.11. The van der Waals surface area contributed by atoms with E-state index in [4.69, 9.17) is 4.74 Å². The SMILES string of the molecule is CC(O)(CC1=CCCS1)c1ccc(C2CCCO2)cc1. The van der Waals surface area contributed by atoms with Crippen molar-refractivity contribution in [2.75, 3.05) is 12.4 Å². The van der Waals surface area contributed by atoms with Crippen LogP contribution in [0.2, 0.25) is 0 Å². The van der Waals surface area contributed by atoms with Crippen molar-refractivity contribution in [1.82, 2.24) is 0 Å². The average molecular weight is 290 g/mol. The van der Waals surface area contributed by atoms with Gasteiger partial charge in [0.1, 0.15) is 0 Å². The second kappa shape index (κ2) is 5.92. The molecule has 1 aromatic carbocycles. The Morgan fingerprint density at radius 3 is 2.75 bits per heavy atom. The zero-order valence-corrected chi connectivity index (χ0v) is 12.8. The number of hydrogen-bond acceptors (Lipinski definition) is 3. The molecular formula is C17H22O2S. The van der Waals surface area contributed by atoms with Crippen molar-refractivity contribution < 1.29 is 9.84 Å². The second-order valence-electron chi connectivity index (χ2n) is 5.88. The first kappa shape index (κ1) is 14.2. The summed E-state index contributed by atoms with van der Waals surface area (Å²) in [5.41, 5.74) is 1.45. The Kier molecular flexibility index (Phi) is 4.20. The molecule has 2 atom stereocenters. The van der Waals surface area contributed by atoms with E-state index >= 15 is 0 Å². The minimum absolute atomic E-state index is 0.252. The summed E-state index contributed by atoms with van der Waals surface area (Å²) in [5, 5.41) is 10.7. The van der Waals surface area contributed by atoms with Gasteiger partial charge >= 0.3 is 0 Å². The van der Waals surface area contributed by atoms with E-state index in [1.807, 2.05) is 18.7 Å². The van der Waals surface area contributed by atoms with Gasteiger partial charge in [0.05, 0.1) is 11.7 Å². The molecule has 3 heteroatoms. The molecule has 20 heavy (non-hydrogen) atoms. The molecule has 1 aromatic rings. The fourth-order valence-electron chi connectivity index (χ4n) is 2.93. The molecule has 2 nitrogen and oxygen atoms in total. The van der Waals surface area contributed by atoms with Gasteiger partial charge in [-0.3, -0.25) is 0 Å². The van der Waals surface area contributed by atoms with Crippen LogP contribution in [0.1, 0.15) is 49.8 Å². The molecule has 2 aliphatic heterocycles. The van der Waals surface area contributed by atoms with Crippen LogP contribution in [0.5, 0.6) is 0 Å². The highest BCUT2D eigenvalue weighted by Gasteiger charge is 2.26. The molecule has 0 aromatic heterocycles. The van der Waals surface area contributed by atoms with E-state index in [2.05, 4.69) is 30.3 Å². The Balaban J connectivity index is 1.72. The van der Waals surface area contributed by atoms with E-state index in [1.165, 1.54) is 10.5 Å². The van der Waals surface area contributed by atoms with E-state index in [0.717, 1.165) is 43.6 Å². The molecule has 1 fully saturated rings. The summed E-state index contributed by atoms with van der Waals surface area (Å²) >= 11 is 1.87. The molecule has 0 bridgehead atoms. The van der Waals surface area contributed by atoms with Crippen LogP contribution in [-0.2, 0) is 10.3 Å². The number of hydrogen-bond donors (Lipinski definition) is 1. The van der Waals surface area contributed by atoms with E-state index in [9.17, 15) is 5.11 Å². The number of ether oxygens (including phenoxy) is 1. The van der Waals surface area contributed by atoms with Gasteiger partial charge in [-0.15, -0.1) is 11.8 Å². The predicted octanol–water partition coefficient (Wildman–Crippen LogP) is 4.16. The van der Waals surface area contributed by atoms with Gasteiger partial charge in [0.15, 0.2) is 0 Å². The van der Waals surface area contributed by atoms with Crippen LogP contribution in [0, 0.1) is 0 Å². The molecule has 0 radical (unpaired) electrons. The maximum Gasteiger partial charge on any atom is 0.0913 e. The third-order valence-corrected chi connectivity index (χ3v) is 5.25. The van der Waals surface area contributed by atoms with Crippen molar-refractivity contribution in [3.05, 3.63) is 46.4 Å². The van der Waals surface area contributed by atoms with Crippen molar-refractivity contribution >= 4 is 11.8 Å². The Bertz CT molecular complexity index is 484. The Hall–Kier alpha value is -0.770. The molecule has 2 heterocycles. The maximum absolute atomic E-state index is 10.7. The molecule has 3 rings (SSSR count). The third kappa shape index (κ3) is 3.11. The van der Waals surface area contributed by atoms with Crippen molar-refractivity contribution in [3.63, 3.8) is 0 Å². The standard InChI is InChI=1S/C17H22O2S/c1-17(18,12-15-4-3-11-20-15)14-8-6-13(7-9-14)16-5-2-10-19-16/h4,6-9,16,18H,2-3,5,10-12H2,1H3. The molecule has 0 amide bonds. The predicted molar refractivity (Wildman–Crippen MR) is 83.7 cm³/mol. The van der Waals surface area contributed by atoms with E-state index in [-0.39, 0.29) is 6.10 Å². The van der Waals surface area contributed by atoms with Gasteiger partial charge in [0.2, 0.25) is 0 Å². The smallest absolute Gasteiger partial charge is 0.0913 e. The lowest BCUT2D eigenvalue weighted by atomic mass is 9.90. The fourth-order valence-corrected chi connectivity index (χ4v) is 4.05. The normalized spacial score (nSPS) is 25.5. The summed E-state index contributed by atoms with van der Waals surface area (Å²) in [7, 11) is 0. The van der Waals surface area contributed by atoms with Crippen molar-refractivity contribution in [1.29, 1.82) is 0 Å². The van der Waals surface area contributed by atoms with Gasteiger partial charge in [-0.1, -0.05) is 30.3 Å². The lowest BCUT2D eigenvalue weighted by Crippen LogP contribution is -2.21. The highest BCUT2D eigenvalue weighted by atomic mass is 32.2. The summed E-state index contributed by atoms with van der Waals surface area (Å²) in [6.45, 7) is 2.78. The molecule has 2 unspecified atom stereocenters. The van der Waals surface area contributed by atoms with Crippen LogP contribution in [0.3, 0.4) is 0 Å². The van der Waals surface area contributed by atoms with Crippen molar-refractivity contribution in [2.45, 2.75) is 44.3 Å². The number of benzene rings is 1. The van der Waals surface area contributed by atoms with Crippen LogP contribution < -0.4 is 0 Å². The minimum Gasteiger partial charge on any atom is -0.385 e. The summed E-state index contributed by atoms with van der Waals surface area (Å²) in [5.74, 6) is 1.16. The van der Waals surface area contributed by atoms with Crippen LogP contribution in [0.25, 0.3) is 0 Å². The summed E-state index contributed by atoms with van der Waals surface area (Å²) in [6.07, 6.45) is 6.61. The topological polar surface area (TPSA) is 29.5 Å². The number of rotatable bonds is 4. The van der Waals surface area contributed by atoms with Crippen LogP contribution >= 0.6 is 11.8 Å². The molecule has 0 spiro atoms. The fraction of sp³-hybridized carbons (Fsp3) is 0.529. The van der Waals surface area contributed by atoms with E-state index in [0.29, 0.717) is 0 Å². The zero-order chi connectivity index (χ0) is 14.0. The van der Waals surface area contributed by atoms with Gasteiger partial charge in [-0.2, -0.15) is 0 Å². The Labute approximate surface area is 125 Å². The second-order valence-corrected chi connectivity index (χ2v) is 7.10. The van der Waals surface area contributed by atoms with Gasteiger partial charge in [-0.05, 0) is 42.2 Å². The summed E-state index contributed by atoms with van der Waals surface area (Å²) in [4.78, 5) is 1.32.